The van der Waals surface area contributed by atoms with Gasteiger partial charge in [-0.15, -0.1) is 0 Å². The second-order valence-corrected chi connectivity index (χ2v) is 6.02. The summed E-state index contributed by atoms with van der Waals surface area (Å²) in [6, 6.07) is 8.20. The van der Waals surface area contributed by atoms with E-state index in [1.54, 1.807) is 0 Å². The van der Waals surface area contributed by atoms with Gasteiger partial charge in [0.15, 0.2) is 5.65 Å². The number of aryl methyl sites for hydroxylation is 2. The van der Waals surface area contributed by atoms with Crippen molar-refractivity contribution in [3.8, 4) is 5.69 Å². The van der Waals surface area contributed by atoms with Crippen LogP contribution in [0.5, 0.6) is 0 Å². The predicted octanol–water partition coefficient (Wildman–Crippen LogP) is 2.90. The summed E-state index contributed by atoms with van der Waals surface area (Å²) in [6.07, 6.45) is 1.96. The lowest BCUT2D eigenvalue weighted by molar-refractivity contribution is 0.737. The molecule has 0 aliphatic rings. The number of nitrogens with zero attached hydrogens (tertiary/aromatic N) is 4. The van der Waals surface area contributed by atoms with Crippen LogP contribution in [0.15, 0.2) is 24.3 Å². The number of hydrogen-bond acceptors (Lipinski definition) is 3. The molecule has 20 heavy (non-hydrogen) atoms. The summed E-state index contributed by atoms with van der Waals surface area (Å²) in [5, 5.41) is 4.57. The molecule has 0 aliphatic heterocycles. The summed E-state index contributed by atoms with van der Waals surface area (Å²) in [4.78, 5) is 4.51. The van der Waals surface area contributed by atoms with Crippen LogP contribution in [0.4, 0.5) is 5.95 Å². The van der Waals surface area contributed by atoms with E-state index in [2.05, 4.69) is 51.7 Å². The van der Waals surface area contributed by atoms with Gasteiger partial charge < -0.3 is 5.73 Å². The van der Waals surface area contributed by atoms with Gasteiger partial charge in [0.2, 0.25) is 5.95 Å². The third-order valence-corrected chi connectivity index (χ3v) is 3.95. The standard InChI is InChI=1S/C14H16IN5/c1-3-5-11-12-13(19(2)18-11)20(14(16)17-12)10-7-4-6-9(15)8-10/h4,6-8H,3,5H2,1-2H3,(H2,16,17). The van der Waals surface area contributed by atoms with E-state index in [1.165, 1.54) is 0 Å². The Bertz CT molecular complexity index is 771. The van der Waals surface area contributed by atoms with Gasteiger partial charge >= 0.3 is 0 Å². The van der Waals surface area contributed by atoms with Gasteiger partial charge in [-0.3, -0.25) is 4.57 Å². The van der Waals surface area contributed by atoms with E-state index in [9.17, 15) is 0 Å². The molecule has 2 heterocycles. The molecular weight excluding hydrogens is 365 g/mol. The van der Waals surface area contributed by atoms with Crippen molar-refractivity contribution in [1.29, 1.82) is 0 Å². The molecule has 0 bridgehead atoms. The van der Waals surface area contributed by atoms with Crippen molar-refractivity contribution in [3.63, 3.8) is 0 Å². The average molecular weight is 381 g/mol. The molecule has 0 radical (unpaired) electrons. The molecule has 104 valence electrons. The van der Waals surface area contributed by atoms with Crippen LogP contribution in [0, 0.1) is 3.57 Å². The number of aromatic nitrogens is 4. The van der Waals surface area contributed by atoms with Crippen LogP contribution < -0.4 is 5.73 Å². The van der Waals surface area contributed by atoms with Crippen molar-refractivity contribution in [2.45, 2.75) is 19.8 Å². The van der Waals surface area contributed by atoms with Gasteiger partial charge in [0.1, 0.15) is 5.52 Å². The minimum Gasteiger partial charge on any atom is -0.369 e. The van der Waals surface area contributed by atoms with Crippen molar-refractivity contribution in [2.75, 3.05) is 5.73 Å². The van der Waals surface area contributed by atoms with Crippen molar-refractivity contribution in [1.82, 2.24) is 19.3 Å². The molecule has 6 heteroatoms. The quantitative estimate of drug-likeness (QED) is 0.710. The number of hydrogen-bond donors (Lipinski definition) is 1. The highest BCUT2D eigenvalue weighted by molar-refractivity contribution is 14.1. The number of benzene rings is 1. The third-order valence-electron chi connectivity index (χ3n) is 3.28. The molecule has 1 aromatic carbocycles. The van der Waals surface area contributed by atoms with Gasteiger partial charge in [-0.1, -0.05) is 19.4 Å². The van der Waals surface area contributed by atoms with E-state index in [-0.39, 0.29) is 0 Å². The first-order valence-electron chi connectivity index (χ1n) is 6.57. The number of nitrogen functional groups attached to an aromatic ring is 1. The molecule has 0 atom stereocenters. The van der Waals surface area contributed by atoms with Crippen LogP contribution in [-0.4, -0.2) is 19.3 Å². The first kappa shape index (κ1) is 13.4. The molecule has 0 spiro atoms. The third kappa shape index (κ3) is 2.07. The van der Waals surface area contributed by atoms with Crippen LogP contribution in [-0.2, 0) is 13.5 Å². The molecule has 0 saturated heterocycles. The molecular formula is C14H16IN5. The highest BCUT2D eigenvalue weighted by atomic mass is 127. The maximum atomic E-state index is 6.12. The van der Waals surface area contributed by atoms with E-state index in [0.29, 0.717) is 5.95 Å². The van der Waals surface area contributed by atoms with Gasteiger partial charge in [0.05, 0.1) is 11.4 Å². The Balaban J connectivity index is 2.28. The van der Waals surface area contributed by atoms with Gasteiger partial charge in [-0.2, -0.15) is 5.10 Å². The van der Waals surface area contributed by atoms with Crippen molar-refractivity contribution in [2.24, 2.45) is 7.05 Å². The van der Waals surface area contributed by atoms with Crippen molar-refractivity contribution in [3.05, 3.63) is 33.5 Å². The Morgan fingerprint density at radius 2 is 2.15 bits per heavy atom. The molecule has 0 amide bonds. The monoisotopic (exact) mass is 381 g/mol. The van der Waals surface area contributed by atoms with E-state index >= 15 is 0 Å². The first-order valence-corrected chi connectivity index (χ1v) is 7.65. The number of imidazole rings is 1. The fourth-order valence-corrected chi connectivity index (χ4v) is 3.00. The Morgan fingerprint density at radius 1 is 1.35 bits per heavy atom. The van der Waals surface area contributed by atoms with Gasteiger partial charge in [0, 0.05) is 10.6 Å². The molecule has 0 fully saturated rings. The predicted molar refractivity (Wildman–Crippen MR) is 89.0 cm³/mol. The van der Waals surface area contributed by atoms with Crippen LogP contribution in [0.2, 0.25) is 0 Å². The number of nitrogens with two attached hydrogens (primary N) is 1. The van der Waals surface area contributed by atoms with E-state index in [4.69, 9.17) is 5.73 Å². The Labute approximate surface area is 130 Å². The fraction of sp³-hybridized carbons (Fsp3) is 0.286. The zero-order valence-electron chi connectivity index (χ0n) is 11.5. The molecule has 0 saturated carbocycles. The zero-order valence-corrected chi connectivity index (χ0v) is 13.6. The molecule has 2 N–H and O–H groups in total. The van der Waals surface area contributed by atoms with Crippen molar-refractivity contribution < 1.29 is 0 Å². The van der Waals surface area contributed by atoms with Gasteiger partial charge in [-0.25, -0.2) is 9.67 Å². The van der Waals surface area contributed by atoms with E-state index in [1.807, 2.05) is 28.4 Å². The largest absolute Gasteiger partial charge is 0.369 e. The maximum Gasteiger partial charge on any atom is 0.207 e. The Morgan fingerprint density at radius 3 is 2.85 bits per heavy atom. The highest BCUT2D eigenvalue weighted by Gasteiger charge is 2.18. The lowest BCUT2D eigenvalue weighted by Crippen LogP contribution is -2.05. The molecule has 0 unspecified atom stereocenters. The molecule has 2 aromatic heterocycles. The van der Waals surface area contributed by atoms with E-state index in [0.717, 1.165) is 39.0 Å². The van der Waals surface area contributed by atoms with Crippen LogP contribution in [0.1, 0.15) is 19.0 Å². The normalized spacial score (nSPS) is 11.3. The Kier molecular flexibility index (Phi) is 3.41. The molecule has 5 nitrogen and oxygen atoms in total. The first-order chi connectivity index (χ1) is 9.61. The number of halogens is 1. The number of fused-ring (bicyclic) bond motifs is 1. The average Bonchev–Trinajstić information content (AvgIpc) is 2.88. The maximum absolute atomic E-state index is 6.12. The van der Waals surface area contributed by atoms with Crippen LogP contribution in [0.25, 0.3) is 16.9 Å². The van der Waals surface area contributed by atoms with Gasteiger partial charge in [0.25, 0.3) is 0 Å². The zero-order chi connectivity index (χ0) is 14.3. The molecule has 3 aromatic rings. The number of rotatable bonds is 3. The lowest BCUT2D eigenvalue weighted by atomic mass is 10.2. The summed E-state index contributed by atoms with van der Waals surface area (Å²) in [5.41, 5.74) is 10.0. The lowest BCUT2D eigenvalue weighted by Gasteiger charge is -2.07. The smallest absolute Gasteiger partial charge is 0.207 e. The minimum atomic E-state index is 0.507. The molecule has 0 aliphatic carbocycles. The van der Waals surface area contributed by atoms with Crippen LogP contribution in [0.3, 0.4) is 0 Å². The minimum absolute atomic E-state index is 0.507. The summed E-state index contributed by atoms with van der Waals surface area (Å²) in [6.45, 7) is 2.14. The van der Waals surface area contributed by atoms with Crippen molar-refractivity contribution >= 4 is 39.7 Å². The summed E-state index contributed by atoms with van der Waals surface area (Å²) in [5.74, 6) is 0.507. The summed E-state index contributed by atoms with van der Waals surface area (Å²) >= 11 is 2.30. The SMILES string of the molecule is CCCc1nn(C)c2c1nc(N)n2-c1cccc(I)c1. The fourth-order valence-electron chi connectivity index (χ4n) is 2.47. The van der Waals surface area contributed by atoms with E-state index < -0.39 is 0 Å². The second kappa shape index (κ2) is 5.08. The second-order valence-electron chi connectivity index (χ2n) is 4.78. The summed E-state index contributed by atoms with van der Waals surface area (Å²) < 4.78 is 4.99. The van der Waals surface area contributed by atoms with Gasteiger partial charge in [-0.05, 0) is 47.2 Å². The summed E-state index contributed by atoms with van der Waals surface area (Å²) in [7, 11) is 1.94. The van der Waals surface area contributed by atoms with Crippen LogP contribution >= 0.6 is 22.6 Å². The molecule has 3 rings (SSSR count). The highest BCUT2D eigenvalue weighted by Crippen LogP contribution is 2.26. The Hall–Kier alpha value is -1.57. The topological polar surface area (TPSA) is 61.7 Å². The number of anilines is 1.